The summed E-state index contributed by atoms with van der Waals surface area (Å²) in [6.07, 6.45) is 0.272. The topological polar surface area (TPSA) is 72.5 Å². The molecule has 3 N–H and O–H groups in total. The molecule has 0 aromatic heterocycles. The molecule has 0 amide bonds. The second-order valence-electron chi connectivity index (χ2n) is 5.04. The molecule has 1 atom stereocenters. The third-order valence-corrected chi connectivity index (χ3v) is 2.93. The van der Waals surface area contributed by atoms with Crippen molar-refractivity contribution in [2.45, 2.75) is 38.6 Å². The number of carboxylic acid groups (broad SMARTS) is 1. The number of hydrogen-bond donors (Lipinski definition) is 2. The van der Waals surface area contributed by atoms with Crippen molar-refractivity contribution in [3.8, 4) is 5.75 Å². The second kappa shape index (κ2) is 5.87. The van der Waals surface area contributed by atoms with Crippen LogP contribution in [0.15, 0.2) is 24.3 Å². The SMILES string of the molecule is CC(C)c1ccc(OCCC(C)(N)C(=O)O)cc1. The van der Waals surface area contributed by atoms with Crippen molar-refractivity contribution in [1.82, 2.24) is 0 Å². The van der Waals surface area contributed by atoms with Gasteiger partial charge in [0.2, 0.25) is 0 Å². The lowest BCUT2D eigenvalue weighted by molar-refractivity contribution is -0.143. The summed E-state index contributed by atoms with van der Waals surface area (Å²) in [5, 5.41) is 8.86. The number of hydrogen-bond acceptors (Lipinski definition) is 3. The standard InChI is InChI=1S/C14H21NO3/c1-10(2)11-4-6-12(7-5-11)18-9-8-14(3,15)13(16)17/h4-7,10H,8-9,15H2,1-3H3,(H,16,17). The van der Waals surface area contributed by atoms with Gasteiger partial charge in [-0.05, 0) is 30.5 Å². The largest absolute Gasteiger partial charge is 0.494 e. The fraction of sp³-hybridized carbons (Fsp3) is 0.500. The minimum Gasteiger partial charge on any atom is -0.494 e. The Labute approximate surface area is 108 Å². The minimum atomic E-state index is -1.24. The Kier molecular flexibility index (Phi) is 4.73. The van der Waals surface area contributed by atoms with Crippen molar-refractivity contribution >= 4 is 5.97 Å². The van der Waals surface area contributed by atoms with E-state index in [1.165, 1.54) is 12.5 Å². The van der Waals surface area contributed by atoms with E-state index in [4.69, 9.17) is 15.6 Å². The van der Waals surface area contributed by atoms with Crippen LogP contribution in [0, 0.1) is 0 Å². The van der Waals surface area contributed by atoms with Crippen molar-refractivity contribution in [3.63, 3.8) is 0 Å². The van der Waals surface area contributed by atoms with Crippen LogP contribution in [0.5, 0.6) is 5.75 Å². The predicted molar refractivity (Wildman–Crippen MR) is 70.9 cm³/mol. The molecule has 4 heteroatoms. The molecule has 0 aliphatic carbocycles. The highest BCUT2D eigenvalue weighted by Gasteiger charge is 2.27. The number of aliphatic carboxylic acids is 1. The van der Waals surface area contributed by atoms with Gasteiger partial charge in [-0.1, -0.05) is 26.0 Å². The monoisotopic (exact) mass is 251 g/mol. The highest BCUT2D eigenvalue weighted by molar-refractivity contribution is 5.77. The summed E-state index contributed by atoms with van der Waals surface area (Å²) in [5.74, 6) is 0.209. The zero-order valence-electron chi connectivity index (χ0n) is 11.1. The van der Waals surface area contributed by atoms with Crippen LogP contribution in [0.25, 0.3) is 0 Å². The Morgan fingerprint density at radius 3 is 2.39 bits per heavy atom. The summed E-state index contributed by atoms with van der Waals surface area (Å²) in [6.45, 7) is 6.03. The molecule has 0 spiro atoms. The van der Waals surface area contributed by atoms with Crippen molar-refractivity contribution in [1.29, 1.82) is 0 Å². The zero-order valence-corrected chi connectivity index (χ0v) is 11.1. The minimum absolute atomic E-state index is 0.272. The lowest BCUT2D eigenvalue weighted by atomic mass is 10.0. The van der Waals surface area contributed by atoms with Crippen LogP contribution in [0.1, 0.15) is 38.7 Å². The highest BCUT2D eigenvalue weighted by atomic mass is 16.5. The van der Waals surface area contributed by atoms with Gasteiger partial charge in [-0.3, -0.25) is 4.79 Å². The Morgan fingerprint density at radius 2 is 1.94 bits per heavy atom. The zero-order chi connectivity index (χ0) is 13.8. The van der Waals surface area contributed by atoms with Crippen LogP contribution in [0.3, 0.4) is 0 Å². The van der Waals surface area contributed by atoms with E-state index >= 15 is 0 Å². The number of carbonyl (C=O) groups is 1. The maximum atomic E-state index is 10.8. The summed E-state index contributed by atoms with van der Waals surface area (Å²) in [5.41, 5.74) is 5.62. The highest BCUT2D eigenvalue weighted by Crippen LogP contribution is 2.19. The molecule has 1 aromatic carbocycles. The molecule has 1 aromatic rings. The van der Waals surface area contributed by atoms with Crippen molar-refractivity contribution in [2.24, 2.45) is 5.73 Å². The average molecular weight is 251 g/mol. The first-order chi connectivity index (χ1) is 8.33. The second-order valence-corrected chi connectivity index (χ2v) is 5.04. The molecular weight excluding hydrogens is 230 g/mol. The van der Waals surface area contributed by atoms with Crippen molar-refractivity contribution in [2.75, 3.05) is 6.61 Å². The lowest BCUT2D eigenvalue weighted by Gasteiger charge is -2.19. The van der Waals surface area contributed by atoms with Crippen molar-refractivity contribution < 1.29 is 14.6 Å². The third-order valence-electron chi connectivity index (χ3n) is 2.93. The van der Waals surface area contributed by atoms with E-state index < -0.39 is 11.5 Å². The van der Waals surface area contributed by atoms with Gasteiger partial charge >= 0.3 is 5.97 Å². The fourth-order valence-electron chi connectivity index (χ4n) is 1.44. The first-order valence-corrected chi connectivity index (χ1v) is 6.08. The molecule has 18 heavy (non-hydrogen) atoms. The van der Waals surface area contributed by atoms with Gasteiger partial charge in [0.1, 0.15) is 11.3 Å². The molecule has 0 aliphatic heterocycles. The number of carboxylic acids is 1. The normalized spacial score (nSPS) is 14.3. The van der Waals surface area contributed by atoms with Gasteiger partial charge in [0.15, 0.2) is 0 Å². The summed E-state index contributed by atoms with van der Waals surface area (Å²) >= 11 is 0. The van der Waals surface area contributed by atoms with Crippen LogP contribution in [-0.4, -0.2) is 23.2 Å². The van der Waals surface area contributed by atoms with E-state index in [2.05, 4.69) is 13.8 Å². The fourth-order valence-corrected chi connectivity index (χ4v) is 1.44. The van der Waals surface area contributed by atoms with Crippen LogP contribution in [0.4, 0.5) is 0 Å². The van der Waals surface area contributed by atoms with Gasteiger partial charge < -0.3 is 15.6 Å². The van der Waals surface area contributed by atoms with Crippen LogP contribution in [-0.2, 0) is 4.79 Å². The molecule has 0 heterocycles. The maximum Gasteiger partial charge on any atom is 0.323 e. The van der Waals surface area contributed by atoms with Gasteiger partial charge in [0, 0.05) is 6.42 Å². The molecule has 1 unspecified atom stereocenters. The van der Waals surface area contributed by atoms with Gasteiger partial charge in [-0.2, -0.15) is 0 Å². The quantitative estimate of drug-likeness (QED) is 0.814. The van der Waals surface area contributed by atoms with Gasteiger partial charge in [0.05, 0.1) is 6.61 Å². The predicted octanol–water partition coefficient (Wildman–Crippen LogP) is 2.38. The molecule has 1 rings (SSSR count). The number of ether oxygens (including phenoxy) is 1. The van der Waals surface area contributed by atoms with Crippen LogP contribution < -0.4 is 10.5 Å². The molecular formula is C14H21NO3. The van der Waals surface area contributed by atoms with E-state index in [1.54, 1.807) is 0 Å². The molecule has 0 radical (unpaired) electrons. The first kappa shape index (κ1) is 14.5. The van der Waals surface area contributed by atoms with Crippen LogP contribution >= 0.6 is 0 Å². The summed E-state index contributed by atoms with van der Waals surface area (Å²) in [7, 11) is 0. The smallest absolute Gasteiger partial charge is 0.323 e. The number of nitrogens with two attached hydrogens (primary N) is 1. The van der Waals surface area contributed by atoms with Crippen LogP contribution in [0.2, 0.25) is 0 Å². The number of benzene rings is 1. The average Bonchev–Trinajstić information content (AvgIpc) is 2.29. The molecule has 0 saturated carbocycles. The molecule has 100 valence electrons. The lowest BCUT2D eigenvalue weighted by Crippen LogP contribution is -2.45. The summed E-state index contributed by atoms with van der Waals surface area (Å²) in [6, 6.07) is 7.81. The molecule has 0 bridgehead atoms. The van der Waals surface area contributed by atoms with Gasteiger partial charge in [0.25, 0.3) is 0 Å². The van der Waals surface area contributed by atoms with Gasteiger partial charge in [-0.25, -0.2) is 0 Å². The Bertz CT molecular complexity index is 396. The van der Waals surface area contributed by atoms with E-state index in [0.29, 0.717) is 12.5 Å². The molecule has 4 nitrogen and oxygen atoms in total. The Morgan fingerprint density at radius 1 is 1.39 bits per heavy atom. The van der Waals surface area contributed by atoms with E-state index in [-0.39, 0.29) is 6.42 Å². The van der Waals surface area contributed by atoms with Crippen molar-refractivity contribution in [3.05, 3.63) is 29.8 Å². The van der Waals surface area contributed by atoms with Gasteiger partial charge in [-0.15, -0.1) is 0 Å². The summed E-state index contributed by atoms with van der Waals surface area (Å²) in [4.78, 5) is 10.8. The summed E-state index contributed by atoms with van der Waals surface area (Å²) < 4.78 is 5.48. The Balaban J connectivity index is 2.47. The molecule has 0 saturated heterocycles. The maximum absolute atomic E-state index is 10.8. The van der Waals surface area contributed by atoms with E-state index in [1.807, 2.05) is 24.3 Å². The van der Waals surface area contributed by atoms with E-state index in [0.717, 1.165) is 5.75 Å². The first-order valence-electron chi connectivity index (χ1n) is 6.08. The third kappa shape index (κ3) is 4.04. The number of rotatable bonds is 6. The Hall–Kier alpha value is -1.55. The molecule has 0 fully saturated rings. The van der Waals surface area contributed by atoms with E-state index in [9.17, 15) is 4.79 Å². The molecule has 0 aliphatic rings.